The minimum Gasteiger partial charge on any atom is -0.462 e. The summed E-state index contributed by atoms with van der Waals surface area (Å²) in [4.78, 5) is 23.7. The van der Waals surface area contributed by atoms with E-state index in [1.165, 1.54) is 6.42 Å². The molecule has 0 aliphatic heterocycles. The Morgan fingerprint density at radius 3 is 2.39 bits per heavy atom. The molecule has 3 rings (SSSR count). The van der Waals surface area contributed by atoms with E-state index in [0.29, 0.717) is 24.2 Å². The van der Waals surface area contributed by atoms with Crippen molar-refractivity contribution in [2.75, 3.05) is 0 Å². The Hall–Kier alpha value is -0.860. The molecule has 0 saturated heterocycles. The highest BCUT2D eigenvalue weighted by molar-refractivity contribution is 5.94. The van der Waals surface area contributed by atoms with Crippen LogP contribution in [0.15, 0.2) is 0 Å². The van der Waals surface area contributed by atoms with Crippen LogP contribution in [0.2, 0.25) is 0 Å². The van der Waals surface area contributed by atoms with Gasteiger partial charge in [0.1, 0.15) is 11.9 Å². The van der Waals surface area contributed by atoms with E-state index in [0.717, 1.165) is 19.3 Å². The number of hydrogen-bond donors (Lipinski definition) is 0. The first-order chi connectivity index (χ1) is 8.59. The van der Waals surface area contributed by atoms with E-state index in [-0.39, 0.29) is 29.7 Å². The quantitative estimate of drug-likeness (QED) is 0.707. The lowest BCUT2D eigenvalue weighted by Crippen LogP contribution is -2.35. The van der Waals surface area contributed by atoms with E-state index in [1.807, 2.05) is 0 Å². The van der Waals surface area contributed by atoms with Crippen molar-refractivity contribution >= 4 is 11.8 Å². The number of esters is 1. The van der Waals surface area contributed by atoms with Crippen molar-refractivity contribution in [2.45, 2.75) is 52.1 Å². The molecule has 5 atom stereocenters. The number of rotatable bonds is 2. The first-order valence-electron chi connectivity index (χ1n) is 7.33. The third kappa shape index (κ3) is 1.88. The zero-order valence-electron chi connectivity index (χ0n) is 11.2. The molecule has 0 spiro atoms. The van der Waals surface area contributed by atoms with Crippen molar-refractivity contribution in [1.29, 1.82) is 0 Å². The topological polar surface area (TPSA) is 43.4 Å². The molecule has 3 heteroatoms. The van der Waals surface area contributed by atoms with Crippen LogP contribution < -0.4 is 0 Å². The van der Waals surface area contributed by atoms with Gasteiger partial charge < -0.3 is 4.74 Å². The summed E-state index contributed by atoms with van der Waals surface area (Å²) in [6.45, 7) is 4.35. The van der Waals surface area contributed by atoms with Crippen molar-refractivity contribution in [3.05, 3.63) is 0 Å². The Bertz CT molecular complexity index is 366. The maximum Gasteiger partial charge on any atom is 0.310 e. The van der Waals surface area contributed by atoms with Crippen molar-refractivity contribution in [3.63, 3.8) is 0 Å². The maximum absolute atomic E-state index is 12.1. The molecular weight excluding hydrogens is 228 g/mol. The number of hydrogen-bond acceptors (Lipinski definition) is 3. The van der Waals surface area contributed by atoms with Gasteiger partial charge in [-0.2, -0.15) is 0 Å². The summed E-state index contributed by atoms with van der Waals surface area (Å²) >= 11 is 0. The van der Waals surface area contributed by atoms with E-state index in [4.69, 9.17) is 4.74 Å². The average Bonchev–Trinajstić information content (AvgIpc) is 2.95. The van der Waals surface area contributed by atoms with Crippen LogP contribution in [0.5, 0.6) is 0 Å². The molecule has 3 aliphatic rings. The van der Waals surface area contributed by atoms with Crippen LogP contribution in [0.4, 0.5) is 0 Å². The van der Waals surface area contributed by atoms with Gasteiger partial charge in [-0.1, -0.05) is 20.3 Å². The highest BCUT2D eigenvalue weighted by atomic mass is 16.5. The van der Waals surface area contributed by atoms with Crippen molar-refractivity contribution in [3.8, 4) is 0 Å². The summed E-state index contributed by atoms with van der Waals surface area (Å²) < 4.78 is 5.73. The predicted molar refractivity (Wildman–Crippen MR) is 66.8 cm³/mol. The van der Waals surface area contributed by atoms with Gasteiger partial charge in [0.2, 0.25) is 0 Å². The molecule has 0 aromatic carbocycles. The van der Waals surface area contributed by atoms with Gasteiger partial charge >= 0.3 is 5.97 Å². The fourth-order valence-corrected chi connectivity index (χ4v) is 4.07. The lowest BCUT2D eigenvalue weighted by molar-refractivity contribution is -0.159. The van der Waals surface area contributed by atoms with E-state index >= 15 is 0 Å². The number of ether oxygens (including phenoxy) is 1. The van der Waals surface area contributed by atoms with Crippen molar-refractivity contribution in [2.24, 2.45) is 29.6 Å². The molecule has 3 saturated carbocycles. The van der Waals surface area contributed by atoms with Gasteiger partial charge in [0.25, 0.3) is 0 Å². The molecule has 0 amide bonds. The lowest BCUT2D eigenvalue weighted by Gasteiger charge is -2.34. The van der Waals surface area contributed by atoms with E-state index < -0.39 is 0 Å². The smallest absolute Gasteiger partial charge is 0.310 e. The molecule has 3 nitrogen and oxygen atoms in total. The number of ketones is 1. The minimum atomic E-state index is -0.0938. The predicted octanol–water partition coefficient (Wildman–Crippen LogP) is 2.58. The highest BCUT2D eigenvalue weighted by Crippen LogP contribution is 2.56. The fraction of sp³-hybridized carbons (Fsp3) is 0.867. The summed E-state index contributed by atoms with van der Waals surface area (Å²) in [6.07, 6.45) is 5.19. The molecule has 0 N–H and O–H groups in total. The average molecular weight is 250 g/mol. The highest BCUT2D eigenvalue weighted by Gasteiger charge is 2.62. The first kappa shape index (κ1) is 12.2. The fourth-order valence-electron chi connectivity index (χ4n) is 4.07. The number of fused-ring (bicyclic) bond motifs is 1. The number of Topliss-reactive ketones (excluding diaryl/α,β-unsaturated/α-hetero) is 1. The molecule has 0 bridgehead atoms. The number of carbonyl (C=O) groups is 2. The second-order valence-electron chi connectivity index (χ2n) is 6.51. The second kappa shape index (κ2) is 4.36. The zero-order valence-corrected chi connectivity index (χ0v) is 11.2. The van der Waals surface area contributed by atoms with Gasteiger partial charge in [-0.05, 0) is 37.0 Å². The molecule has 0 heterocycles. The lowest BCUT2D eigenvalue weighted by atomic mass is 9.80. The van der Waals surface area contributed by atoms with Crippen molar-refractivity contribution in [1.82, 2.24) is 0 Å². The summed E-state index contributed by atoms with van der Waals surface area (Å²) in [5.41, 5.74) is 0. The van der Waals surface area contributed by atoms with Crippen molar-refractivity contribution < 1.29 is 14.3 Å². The van der Waals surface area contributed by atoms with Gasteiger partial charge in [0, 0.05) is 12.3 Å². The monoisotopic (exact) mass is 250 g/mol. The van der Waals surface area contributed by atoms with Crippen LogP contribution in [-0.2, 0) is 14.3 Å². The Labute approximate surface area is 108 Å². The van der Waals surface area contributed by atoms with Crippen LogP contribution >= 0.6 is 0 Å². The normalized spacial score (nSPS) is 46.7. The number of carbonyl (C=O) groups excluding carboxylic acids is 2. The van der Waals surface area contributed by atoms with E-state index in [9.17, 15) is 9.59 Å². The molecular formula is C15H22O3. The Balaban J connectivity index is 1.60. The second-order valence-corrected chi connectivity index (χ2v) is 6.51. The third-order valence-electron chi connectivity index (χ3n) is 5.23. The Kier molecular flexibility index (Phi) is 2.95. The van der Waals surface area contributed by atoms with Crippen LogP contribution in [0.1, 0.15) is 46.0 Å². The molecule has 18 heavy (non-hydrogen) atoms. The first-order valence-corrected chi connectivity index (χ1v) is 7.33. The summed E-state index contributed by atoms with van der Waals surface area (Å²) in [5.74, 6) is 1.37. The summed E-state index contributed by atoms with van der Waals surface area (Å²) in [5, 5.41) is 0. The Morgan fingerprint density at radius 1 is 1.17 bits per heavy atom. The molecule has 0 radical (unpaired) electrons. The molecule has 2 unspecified atom stereocenters. The van der Waals surface area contributed by atoms with Gasteiger partial charge in [-0.15, -0.1) is 0 Å². The SMILES string of the molecule is CC1CCCC(C)C1OC(=O)[C@H]1[C@@H]2CCC(=O)[C@@H]21. The van der Waals surface area contributed by atoms with Crippen LogP contribution in [0.3, 0.4) is 0 Å². The van der Waals surface area contributed by atoms with E-state index in [1.54, 1.807) is 0 Å². The standard InChI is InChI=1S/C15H22O3/c1-8-4-3-5-9(2)14(8)18-15(17)13-10-6-7-11(16)12(10)13/h8-10,12-14H,3-7H2,1-2H3/t8?,9?,10-,12-,13+,14?/m1/s1. The summed E-state index contributed by atoms with van der Waals surface area (Å²) in [6, 6.07) is 0. The van der Waals surface area contributed by atoms with E-state index in [2.05, 4.69) is 13.8 Å². The molecule has 100 valence electrons. The molecule has 3 fully saturated rings. The molecule has 3 aliphatic carbocycles. The van der Waals surface area contributed by atoms with Crippen LogP contribution in [0.25, 0.3) is 0 Å². The Morgan fingerprint density at radius 2 is 1.83 bits per heavy atom. The largest absolute Gasteiger partial charge is 0.462 e. The minimum absolute atomic E-state index is 0.0201. The van der Waals surface area contributed by atoms with Gasteiger partial charge in [-0.3, -0.25) is 9.59 Å². The van der Waals surface area contributed by atoms with Gasteiger partial charge in [0.15, 0.2) is 0 Å². The van der Waals surface area contributed by atoms with Crippen LogP contribution in [0, 0.1) is 29.6 Å². The zero-order chi connectivity index (χ0) is 12.9. The maximum atomic E-state index is 12.1. The van der Waals surface area contributed by atoms with Gasteiger partial charge in [-0.25, -0.2) is 0 Å². The molecule has 0 aromatic rings. The summed E-state index contributed by atoms with van der Waals surface area (Å²) in [7, 11) is 0. The van der Waals surface area contributed by atoms with Gasteiger partial charge in [0.05, 0.1) is 5.92 Å². The third-order valence-corrected chi connectivity index (χ3v) is 5.23. The van der Waals surface area contributed by atoms with Crippen LogP contribution in [-0.4, -0.2) is 17.9 Å². The molecule has 0 aromatic heterocycles.